The summed E-state index contributed by atoms with van der Waals surface area (Å²) in [5.74, 6) is -0.158. The Morgan fingerprint density at radius 3 is 2.36 bits per heavy atom. The van der Waals surface area contributed by atoms with Gasteiger partial charge in [0.15, 0.2) is 0 Å². The van der Waals surface area contributed by atoms with Crippen LogP contribution in [-0.4, -0.2) is 37.5 Å². The van der Waals surface area contributed by atoms with Gasteiger partial charge in [-0.1, -0.05) is 32.9 Å². The number of sulfonamides is 1. The van der Waals surface area contributed by atoms with Crippen molar-refractivity contribution in [3.63, 3.8) is 0 Å². The summed E-state index contributed by atoms with van der Waals surface area (Å²) in [7, 11) is -3.26. The molecule has 1 aliphatic rings. The zero-order chi connectivity index (χ0) is 16.4. The molecule has 1 aromatic rings. The van der Waals surface area contributed by atoms with Crippen LogP contribution in [0.4, 0.5) is 5.69 Å². The third-order valence-electron chi connectivity index (χ3n) is 3.81. The second-order valence-electron chi connectivity index (χ2n) is 6.73. The van der Waals surface area contributed by atoms with Crippen molar-refractivity contribution in [1.29, 1.82) is 0 Å². The molecule has 6 heteroatoms. The van der Waals surface area contributed by atoms with Gasteiger partial charge < -0.3 is 5.32 Å². The van der Waals surface area contributed by atoms with Gasteiger partial charge in [-0.05, 0) is 36.0 Å². The van der Waals surface area contributed by atoms with E-state index in [0.29, 0.717) is 18.7 Å². The van der Waals surface area contributed by atoms with Crippen molar-refractivity contribution >= 4 is 21.6 Å². The average Bonchev–Trinajstić information content (AvgIpc) is 2.40. The highest BCUT2D eigenvalue weighted by molar-refractivity contribution is 7.89. The molecule has 0 aliphatic carbocycles. The normalized spacial score (nSPS) is 18.9. The minimum absolute atomic E-state index is 0.0599. The molecule has 1 amide bonds. The Morgan fingerprint density at radius 1 is 1.18 bits per heavy atom. The first-order valence-corrected chi connectivity index (χ1v) is 9.18. The molecular formula is C16H24N2O3S. The van der Waals surface area contributed by atoms with E-state index >= 15 is 0 Å². The Labute approximate surface area is 132 Å². The van der Waals surface area contributed by atoms with Crippen LogP contribution in [0.5, 0.6) is 0 Å². The summed E-state index contributed by atoms with van der Waals surface area (Å²) < 4.78 is 25.0. The Morgan fingerprint density at radius 2 is 1.82 bits per heavy atom. The Balaban J connectivity index is 1.97. The number of anilines is 1. The molecule has 1 aliphatic heterocycles. The molecule has 0 radical (unpaired) electrons. The molecule has 1 N–H and O–H groups in total. The number of nitrogens with zero attached hydrogens (tertiary/aromatic N) is 1. The van der Waals surface area contributed by atoms with Crippen molar-refractivity contribution in [1.82, 2.24) is 4.31 Å². The molecule has 1 fully saturated rings. The zero-order valence-electron chi connectivity index (χ0n) is 13.4. The molecule has 0 saturated carbocycles. The molecule has 2 rings (SSSR count). The summed E-state index contributed by atoms with van der Waals surface area (Å²) in [5.41, 5.74) is 1.93. The Hall–Kier alpha value is -1.40. The topological polar surface area (TPSA) is 66.5 Å². The third-order valence-corrected chi connectivity index (χ3v) is 5.71. The van der Waals surface area contributed by atoms with E-state index in [1.165, 1.54) is 9.87 Å². The Bertz CT molecular complexity index is 630. The summed E-state index contributed by atoms with van der Waals surface area (Å²) >= 11 is 0. The standard InChI is InChI=1S/C16H24N2O3S/c1-16(2,3)13-6-8-14(9-7-13)17-15(19)12-18-10-4-5-11-22(18,20)21/h6-9H,4-5,10-12H2,1-3H3,(H,17,19). The first-order chi connectivity index (χ1) is 10.2. The zero-order valence-corrected chi connectivity index (χ0v) is 14.2. The number of amides is 1. The predicted octanol–water partition coefficient (Wildman–Crippen LogP) is 2.35. The third kappa shape index (κ3) is 4.30. The van der Waals surface area contributed by atoms with Gasteiger partial charge in [0, 0.05) is 12.2 Å². The van der Waals surface area contributed by atoms with Crippen LogP contribution >= 0.6 is 0 Å². The number of rotatable bonds is 3. The van der Waals surface area contributed by atoms with Crippen LogP contribution < -0.4 is 5.32 Å². The van der Waals surface area contributed by atoms with Gasteiger partial charge in [-0.3, -0.25) is 4.79 Å². The fourth-order valence-electron chi connectivity index (χ4n) is 2.43. The average molecular weight is 324 g/mol. The van der Waals surface area contributed by atoms with Crippen LogP contribution in [0.25, 0.3) is 0 Å². The fourth-order valence-corrected chi connectivity index (χ4v) is 3.98. The minimum atomic E-state index is -3.26. The summed E-state index contributed by atoms with van der Waals surface area (Å²) in [6.45, 7) is 6.70. The van der Waals surface area contributed by atoms with Crippen LogP contribution in [0.15, 0.2) is 24.3 Å². The van der Waals surface area contributed by atoms with E-state index in [1.807, 2.05) is 24.3 Å². The molecule has 1 aromatic carbocycles. The molecule has 1 saturated heterocycles. The summed E-state index contributed by atoms with van der Waals surface area (Å²) in [5, 5.41) is 2.76. The van der Waals surface area contributed by atoms with Gasteiger partial charge in [0.2, 0.25) is 15.9 Å². The monoisotopic (exact) mass is 324 g/mol. The van der Waals surface area contributed by atoms with Crippen LogP contribution in [0, 0.1) is 0 Å². The first-order valence-electron chi connectivity index (χ1n) is 7.57. The van der Waals surface area contributed by atoms with Crippen molar-refractivity contribution < 1.29 is 13.2 Å². The molecule has 0 spiro atoms. The van der Waals surface area contributed by atoms with E-state index in [9.17, 15) is 13.2 Å². The largest absolute Gasteiger partial charge is 0.325 e. The van der Waals surface area contributed by atoms with Crippen molar-refractivity contribution in [2.24, 2.45) is 0 Å². The van der Waals surface area contributed by atoms with Crippen molar-refractivity contribution in [3.05, 3.63) is 29.8 Å². The quantitative estimate of drug-likeness (QED) is 0.928. The van der Waals surface area contributed by atoms with Gasteiger partial charge in [0.25, 0.3) is 0 Å². The van der Waals surface area contributed by atoms with Crippen molar-refractivity contribution in [2.45, 2.75) is 39.0 Å². The number of carbonyl (C=O) groups is 1. The maximum Gasteiger partial charge on any atom is 0.239 e. The lowest BCUT2D eigenvalue weighted by atomic mass is 9.87. The van der Waals surface area contributed by atoms with Gasteiger partial charge in [0.1, 0.15) is 0 Å². The van der Waals surface area contributed by atoms with Crippen LogP contribution in [-0.2, 0) is 20.2 Å². The van der Waals surface area contributed by atoms with Crippen LogP contribution in [0.2, 0.25) is 0 Å². The SMILES string of the molecule is CC(C)(C)c1ccc(NC(=O)CN2CCCCS2(=O)=O)cc1. The number of hydrogen-bond acceptors (Lipinski definition) is 3. The summed E-state index contributed by atoms with van der Waals surface area (Å²) in [4.78, 5) is 12.0. The van der Waals surface area contributed by atoms with Gasteiger partial charge in [0.05, 0.1) is 12.3 Å². The van der Waals surface area contributed by atoms with Gasteiger partial charge in [-0.25, -0.2) is 8.42 Å². The Kier molecular flexibility index (Phi) is 4.92. The number of benzene rings is 1. The van der Waals surface area contributed by atoms with E-state index in [1.54, 1.807) is 0 Å². The molecular weight excluding hydrogens is 300 g/mol. The van der Waals surface area contributed by atoms with Crippen LogP contribution in [0.1, 0.15) is 39.2 Å². The molecule has 22 heavy (non-hydrogen) atoms. The lowest BCUT2D eigenvalue weighted by molar-refractivity contribution is -0.116. The molecule has 0 unspecified atom stereocenters. The summed E-state index contributed by atoms with van der Waals surface area (Å²) in [6, 6.07) is 7.66. The van der Waals surface area contributed by atoms with Crippen LogP contribution in [0.3, 0.4) is 0 Å². The fraction of sp³-hybridized carbons (Fsp3) is 0.562. The minimum Gasteiger partial charge on any atom is -0.325 e. The highest BCUT2D eigenvalue weighted by atomic mass is 32.2. The second-order valence-corrected chi connectivity index (χ2v) is 8.82. The smallest absolute Gasteiger partial charge is 0.239 e. The molecule has 0 atom stereocenters. The highest BCUT2D eigenvalue weighted by Gasteiger charge is 2.27. The number of nitrogens with one attached hydrogen (secondary N) is 1. The maximum atomic E-state index is 12.0. The van der Waals surface area contributed by atoms with E-state index in [4.69, 9.17) is 0 Å². The van der Waals surface area contributed by atoms with E-state index in [0.717, 1.165) is 6.42 Å². The van der Waals surface area contributed by atoms with Gasteiger partial charge in [-0.15, -0.1) is 0 Å². The lowest BCUT2D eigenvalue weighted by Crippen LogP contribution is -2.42. The number of hydrogen-bond donors (Lipinski definition) is 1. The summed E-state index contributed by atoms with van der Waals surface area (Å²) in [6.07, 6.45) is 1.49. The number of carbonyl (C=O) groups excluding carboxylic acids is 1. The van der Waals surface area contributed by atoms with Crippen molar-refractivity contribution in [2.75, 3.05) is 24.2 Å². The second kappa shape index (κ2) is 6.38. The highest BCUT2D eigenvalue weighted by Crippen LogP contribution is 2.23. The van der Waals surface area contributed by atoms with Gasteiger partial charge in [-0.2, -0.15) is 4.31 Å². The van der Waals surface area contributed by atoms with E-state index < -0.39 is 10.0 Å². The molecule has 0 bridgehead atoms. The van der Waals surface area contributed by atoms with E-state index in [2.05, 4.69) is 26.1 Å². The maximum absolute atomic E-state index is 12.0. The van der Waals surface area contributed by atoms with Crippen molar-refractivity contribution in [3.8, 4) is 0 Å². The molecule has 122 valence electrons. The predicted molar refractivity (Wildman–Crippen MR) is 88.4 cm³/mol. The lowest BCUT2D eigenvalue weighted by Gasteiger charge is -2.25. The molecule has 0 aromatic heterocycles. The van der Waals surface area contributed by atoms with Gasteiger partial charge >= 0.3 is 0 Å². The molecule has 1 heterocycles. The van der Waals surface area contributed by atoms with E-state index in [-0.39, 0.29) is 23.6 Å². The molecule has 5 nitrogen and oxygen atoms in total. The first kappa shape index (κ1) is 17.0.